The molecule has 13 heteroatoms. The van der Waals surface area contributed by atoms with Gasteiger partial charge in [0.2, 0.25) is 11.8 Å². The van der Waals surface area contributed by atoms with Gasteiger partial charge in [-0.1, -0.05) is 44.2 Å². The number of esters is 1. The van der Waals surface area contributed by atoms with Crippen molar-refractivity contribution in [2.24, 2.45) is 5.92 Å². The number of nitrogens with zero attached hydrogens (tertiary/aromatic N) is 2. The molecule has 0 aliphatic heterocycles. The van der Waals surface area contributed by atoms with Gasteiger partial charge in [-0.15, -0.1) is 0 Å². The normalized spacial score (nSPS) is 12.7. The highest BCUT2D eigenvalue weighted by Crippen LogP contribution is 2.14. The largest absolute Gasteiger partial charge is 0.467 e. The first kappa shape index (κ1) is 33.8. The molecule has 2 rings (SSSR count). The van der Waals surface area contributed by atoms with E-state index in [0.717, 1.165) is 10.1 Å². The minimum atomic E-state index is -1.15. The van der Waals surface area contributed by atoms with E-state index in [1.165, 1.54) is 25.1 Å². The van der Waals surface area contributed by atoms with E-state index in [1.807, 2.05) is 6.07 Å². The number of rotatable bonds is 12. The zero-order valence-electron chi connectivity index (χ0n) is 25.2. The van der Waals surface area contributed by atoms with E-state index in [2.05, 4.69) is 15.6 Å². The minimum Gasteiger partial charge on any atom is -0.467 e. The molecule has 0 saturated carbocycles. The molecule has 0 saturated heterocycles. The number of aromatic amines is 1. The maximum absolute atomic E-state index is 13.8. The van der Waals surface area contributed by atoms with Crippen LogP contribution in [0.4, 0.5) is 4.79 Å². The van der Waals surface area contributed by atoms with Crippen molar-refractivity contribution < 1.29 is 28.7 Å². The molecular weight excluding hydrogens is 546 g/mol. The van der Waals surface area contributed by atoms with Gasteiger partial charge >= 0.3 is 17.8 Å². The number of hydrogen-bond acceptors (Lipinski definition) is 8. The topological polar surface area (TPSA) is 169 Å². The summed E-state index contributed by atoms with van der Waals surface area (Å²) in [5, 5.41) is 5.29. The van der Waals surface area contributed by atoms with Crippen LogP contribution in [0, 0.1) is 12.8 Å². The fraction of sp³-hybridized carbons (Fsp3) is 0.517. The molecule has 0 radical (unpaired) electrons. The lowest BCUT2D eigenvalue weighted by molar-refractivity contribution is -0.148. The van der Waals surface area contributed by atoms with E-state index in [0.29, 0.717) is 0 Å². The number of hydrogen-bond donors (Lipinski definition) is 3. The Bertz CT molecular complexity index is 1360. The molecule has 1 aromatic carbocycles. The predicted molar refractivity (Wildman–Crippen MR) is 155 cm³/mol. The molecule has 230 valence electrons. The molecule has 0 bridgehead atoms. The minimum absolute atomic E-state index is 0.0659. The molecule has 0 aliphatic rings. The molecule has 0 aliphatic carbocycles. The molecule has 0 fully saturated rings. The Labute approximate surface area is 244 Å². The van der Waals surface area contributed by atoms with Gasteiger partial charge in [-0.05, 0) is 39.2 Å². The summed E-state index contributed by atoms with van der Waals surface area (Å²) >= 11 is 0. The Kier molecular flexibility index (Phi) is 12.1. The molecule has 0 spiro atoms. The lowest BCUT2D eigenvalue weighted by Gasteiger charge is -2.33. The van der Waals surface area contributed by atoms with Crippen molar-refractivity contribution in [3.05, 3.63) is 68.5 Å². The Hall–Kier alpha value is -4.42. The highest BCUT2D eigenvalue weighted by Gasteiger charge is 2.34. The van der Waals surface area contributed by atoms with Crippen LogP contribution in [-0.2, 0) is 36.8 Å². The Balaban J connectivity index is 2.49. The fourth-order valence-electron chi connectivity index (χ4n) is 4.08. The molecule has 13 nitrogen and oxygen atoms in total. The number of ether oxygens (including phenoxy) is 2. The van der Waals surface area contributed by atoms with Crippen molar-refractivity contribution in [2.45, 2.75) is 72.2 Å². The third kappa shape index (κ3) is 10.2. The van der Waals surface area contributed by atoms with Crippen LogP contribution in [0.3, 0.4) is 0 Å². The van der Waals surface area contributed by atoms with Crippen LogP contribution in [0.5, 0.6) is 0 Å². The van der Waals surface area contributed by atoms with Gasteiger partial charge in [0, 0.05) is 31.3 Å². The van der Waals surface area contributed by atoms with Crippen LogP contribution in [0.1, 0.15) is 45.7 Å². The maximum Gasteiger partial charge on any atom is 0.407 e. The van der Waals surface area contributed by atoms with Crippen LogP contribution in [0.25, 0.3) is 0 Å². The van der Waals surface area contributed by atoms with Crippen molar-refractivity contribution in [1.82, 2.24) is 25.1 Å². The van der Waals surface area contributed by atoms with Crippen molar-refractivity contribution in [3.8, 4) is 0 Å². The number of benzene rings is 1. The van der Waals surface area contributed by atoms with E-state index in [1.54, 1.807) is 58.9 Å². The molecule has 3 N–H and O–H groups in total. The molecule has 42 heavy (non-hydrogen) atoms. The van der Waals surface area contributed by atoms with Gasteiger partial charge in [0.25, 0.3) is 5.56 Å². The summed E-state index contributed by atoms with van der Waals surface area (Å²) in [5.41, 5.74) is -1.17. The number of methoxy groups -OCH3 is 1. The molecule has 1 aromatic heterocycles. The highest BCUT2D eigenvalue weighted by molar-refractivity contribution is 5.91. The van der Waals surface area contributed by atoms with Gasteiger partial charge in [0.05, 0.1) is 7.11 Å². The monoisotopic (exact) mass is 587 g/mol. The number of carbonyl (C=O) groups excluding carboxylic acids is 4. The van der Waals surface area contributed by atoms with Gasteiger partial charge in [-0.3, -0.25) is 23.9 Å². The third-order valence-corrected chi connectivity index (χ3v) is 6.21. The second kappa shape index (κ2) is 15.0. The number of amides is 3. The molecule has 2 aromatic rings. The summed E-state index contributed by atoms with van der Waals surface area (Å²) in [7, 11) is 1.22. The first-order valence-electron chi connectivity index (χ1n) is 13.6. The molecular formula is C29H41N5O8. The zero-order valence-corrected chi connectivity index (χ0v) is 25.2. The highest BCUT2D eigenvalue weighted by atomic mass is 16.6. The number of carbonyl (C=O) groups is 4. The van der Waals surface area contributed by atoms with Crippen molar-refractivity contribution in [2.75, 3.05) is 20.2 Å². The van der Waals surface area contributed by atoms with Gasteiger partial charge in [0.1, 0.15) is 24.2 Å². The average molecular weight is 588 g/mol. The first-order valence-corrected chi connectivity index (χ1v) is 13.6. The van der Waals surface area contributed by atoms with Gasteiger partial charge in [-0.2, -0.15) is 0 Å². The van der Waals surface area contributed by atoms with Gasteiger partial charge in [0.15, 0.2) is 0 Å². The smallest absolute Gasteiger partial charge is 0.407 e. The number of alkyl carbamates (subject to hydrolysis) is 1. The van der Waals surface area contributed by atoms with Crippen LogP contribution < -0.4 is 21.9 Å². The number of aryl methyl sites for hydroxylation is 1. The number of nitrogens with one attached hydrogen (secondary N) is 3. The third-order valence-electron chi connectivity index (χ3n) is 6.21. The summed E-state index contributed by atoms with van der Waals surface area (Å²) in [4.78, 5) is 80.0. The van der Waals surface area contributed by atoms with Crippen LogP contribution in [0.15, 0.2) is 46.1 Å². The van der Waals surface area contributed by atoms with E-state index in [-0.39, 0.29) is 31.0 Å². The average Bonchev–Trinajstić information content (AvgIpc) is 2.90. The predicted octanol–water partition coefficient (Wildman–Crippen LogP) is 1.12. The lowest BCUT2D eigenvalue weighted by atomic mass is 10.0. The number of aromatic nitrogens is 2. The van der Waals surface area contributed by atoms with Crippen LogP contribution in [-0.4, -0.2) is 76.2 Å². The first-order chi connectivity index (χ1) is 19.6. The maximum atomic E-state index is 13.8. The van der Waals surface area contributed by atoms with E-state index >= 15 is 0 Å². The SMILES string of the molecule is COC(=O)[C@@H](NC(=O)[C@H](Cc1ccccc1)N(CCNC(=O)OC(C)(C)C)C(=O)Cn1cc(C)c(=O)[nH]c1=O)C(C)C. The zero-order chi connectivity index (χ0) is 31.6. The summed E-state index contributed by atoms with van der Waals surface area (Å²) in [6.45, 7) is 9.39. The molecule has 2 atom stereocenters. The standard InChI is InChI=1S/C29H41N5O8/c1-18(2)23(26(38)41-7)31-25(37)21(15-20-11-9-8-10-12-20)34(14-13-30-28(40)42-29(4,5)6)22(35)17-33-16-19(3)24(36)32-27(33)39/h8-12,16,18,21,23H,13-15,17H2,1-7H3,(H,30,40)(H,31,37)(H,32,36,39)/t21-,23-/m0/s1. The van der Waals surface area contributed by atoms with Gasteiger partial charge in [-0.25, -0.2) is 14.4 Å². The van der Waals surface area contributed by atoms with E-state index in [4.69, 9.17) is 9.47 Å². The van der Waals surface area contributed by atoms with Crippen LogP contribution >= 0.6 is 0 Å². The molecule has 1 heterocycles. The van der Waals surface area contributed by atoms with E-state index in [9.17, 15) is 28.8 Å². The molecule has 3 amide bonds. The Morgan fingerprint density at radius 3 is 2.29 bits per heavy atom. The van der Waals surface area contributed by atoms with Crippen molar-refractivity contribution in [1.29, 1.82) is 0 Å². The van der Waals surface area contributed by atoms with Crippen molar-refractivity contribution >= 4 is 23.9 Å². The summed E-state index contributed by atoms with van der Waals surface area (Å²) in [6.07, 6.45) is 0.613. The second-order valence-corrected chi connectivity index (χ2v) is 11.2. The summed E-state index contributed by atoms with van der Waals surface area (Å²) < 4.78 is 11.2. The Morgan fingerprint density at radius 2 is 1.71 bits per heavy atom. The fourth-order valence-corrected chi connectivity index (χ4v) is 4.08. The second-order valence-electron chi connectivity index (χ2n) is 11.2. The van der Waals surface area contributed by atoms with Crippen LogP contribution in [0.2, 0.25) is 0 Å². The summed E-state index contributed by atoms with van der Waals surface area (Å²) in [6, 6.07) is 6.83. The molecule has 0 unspecified atom stereocenters. The Morgan fingerprint density at radius 1 is 1.07 bits per heavy atom. The van der Waals surface area contributed by atoms with Crippen molar-refractivity contribution in [3.63, 3.8) is 0 Å². The summed E-state index contributed by atoms with van der Waals surface area (Å²) in [5.74, 6) is -2.22. The van der Waals surface area contributed by atoms with Gasteiger partial charge < -0.3 is 25.0 Å². The quantitative estimate of drug-likeness (QED) is 0.311. The van der Waals surface area contributed by atoms with E-state index < -0.39 is 59.4 Å². The lowest BCUT2D eigenvalue weighted by Crippen LogP contribution is -2.57. The number of H-pyrrole nitrogens is 1.